The van der Waals surface area contributed by atoms with Crippen LogP contribution in [0.5, 0.6) is 0 Å². The molecule has 3 aromatic rings. The van der Waals surface area contributed by atoms with Crippen LogP contribution in [-0.2, 0) is 52.1 Å². The number of hydrogen-bond acceptors (Lipinski definition) is 11. The number of urea groups is 1. The molecule has 1 saturated carbocycles. The standard InChI is InChI=1S/C45H58BrN7O10/c1-7-45(29-20-33-36-26(19-27-30(46)13-11-14-31(27)50-36)22-52(33)38(56)28(29)23-61-40(45)58)62-34(54)21-44(16-9-8-10-17-44)24-53(32(37(47)55)15-12-18-49-41(48)59)39(57)35(25(2)3)51-42(60)63-43(4,5)6/h11,13-14,19-20,25,32,35H,7-10,12,15-18,21-24H2,1-6H3,(H2,47,55)(H,51,60)(H3,48,49,59)/t32-,35-,45-/m0/s1. The minimum Gasteiger partial charge on any atom is -0.457 e. The zero-order valence-electron chi connectivity index (χ0n) is 36.8. The maximum absolute atomic E-state index is 14.8. The maximum atomic E-state index is 14.8. The number of esters is 2. The van der Waals surface area contributed by atoms with Gasteiger partial charge >= 0.3 is 24.1 Å². The van der Waals surface area contributed by atoms with Crippen LogP contribution in [0.2, 0.25) is 0 Å². The molecule has 3 atom stereocenters. The first-order valence-electron chi connectivity index (χ1n) is 21.6. The number of alkyl carbamates (subject to hydrolysis) is 1. The summed E-state index contributed by atoms with van der Waals surface area (Å²) in [6.45, 7) is 10.2. The lowest BCUT2D eigenvalue weighted by Gasteiger charge is -2.44. The van der Waals surface area contributed by atoms with Crippen molar-refractivity contribution in [2.24, 2.45) is 22.8 Å². The number of nitrogens with one attached hydrogen (secondary N) is 2. The van der Waals surface area contributed by atoms with Gasteiger partial charge in [-0.25, -0.2) is 19.4 Å². The summed E-state index contributed by atoms with van der Waals surface area (Å²) in [6.07, 6.45) is 2.24. The molecule has 18 heteroatoms. The summed E-state index contributed by atoms with van der Waals surface area (Å²) in [4.78, 5) is 102. The van der Waals surface area contributed by atoms with E-state index in [-0.39, 0.29) is 68.6 Å². The van der Waals surface area contributed by atoms with Gasteiger partial charge in [0, 0.05) is 34.1 Å². The average molecular weight is 937 g/mol. The molecule has 0 radical (unpaired) electrons. The molecule has 2 aromatic heterocycles. The normalized spacial score (nSPS) is 18.6. The molecule has 6 rings (SSSR count). The van der Waals surface area contributed by atoms with Crippen molar-refractivity contribution >= 4 is 62.7 Å². The van der Waals surface area contributed by atoms with E-state index in [1.54, 1.807) is 52.2 Å². The summed E-state index contributed by atoms with van der Waals surface area (Å²) in [5.41, 5.74) is 10.1. The molecule has 340 valence electrons. The van der Waals surface area contributed by atoms with E-state index >= 15 is 0 Å². The molecular formula is C45H58BrN7O10. The Bertz CT molecular complexity index is 2370. The fraction of sp³-hybridized carbons (Fsp3) is 0.556. The van der Waals surface area contributed by atoms with Crippen molar-refractivity contribution in [1.29, 1.82) is 0 Å². The number of benzene rings is 1. The van der Waals surface area contributed by atoms with E-state index in [1.807, 2.05) is 24.3 Å². The molecule has 3 aliphatic rings. The predicted octanol–water partition coefficient (Wildman–Crippen LogP) is 5.41. The SMILES string of the molecule is CC[C@@]1(OC(=O)CC2(CN(C(=O)[C@@H](NC(=O)OC(C)(C)C)C(C)C)[C@@H](CCCNC(N)=O)C(N)=O)CCCCC2)C(=O)OCc2c1cc1n(c2=O)Cc2cc3c(Br)cccc3nc2-1. The highest BCUT2D eigenvalue weighted by atomic mass is 79.9. The molecule has 0 saturated heterocycles. The summed E-state index contributed by atoms with van der Waals surface area (Å²) in [5.74, 6) is -3.49. The Balaban J connectivity index is 1.36. The lowest BCUT2D eigenvalue weighted by Crippen LogP contribution is -2.59. The molecule has 17 nitrogen and oxygen atoms in total. The third-order valence-electron chi connectivity index (χ3n) is 12.2. The Morgan fingerprint density at radius 2 is 1.78 bits per heavy atom. The maximum Gasteiger partial charge on any atom is 0.408 e. The van der Waals surface area contributed by atoms with Crippen LogP contribution in [-0.4, -0.2) is 81.1 Å². The molecule has 1 fully saturated rings. The van der Waals surface area contributed by atoms with Crippen LogP contribution in [0.25, 0.3) is 22.3 Å². The van der Waals surface area contributed by atoms with Crippen LogP contribution in [0.4, 0.5) is 9.59 Å². The number of aromatic nitrogens is 2. The van der Waals surface area contributed by atoms with E-state index in [0.717, 1.165) is 21.8 Å². The Morgan fingerprint density at radius 1 is 1.06 bits per heavy atom. The number of nitrogens with zero attached hydrogens (tertiary/aromatic N) is 3. The van der Waals surface area contributed by atoms with Gasteiger partial charge in [-0.15, -0.1) is 0 Å². The van der Waals surface area contributed by atoms with Gasteiger partial charge in [-0.1, -0.05) is 62.0 Å². The second-order valence-electron chi connectivity index (χ2n) is 18.3. The molecule has 4 heterocycles. The highest BCUT2D eigenvalue weighted by Crippen LogP contribution is 2.45. The van der Waals surface area contributed by atoms with E-state index in [0.29, 0.717) is 42.6 Å². The van der Waals surface area contributed by atoms with Gasteiger partial charge < -0.3 is 45.8 Å². The predicted molar refractivity (Wildman–Crippen MR) is 236 cm³/mol. The number of carbonyl (C=O) groups is 6. The van der Waals surface area contributed by atoms with Crippen molar-refractivity contribution in [3.8, 4) is 11.4 Å². The third-order valence-corrected chi connectivity index (χ3v) is 12.9. The molecule has 6 N–H and O–H groups in total. The Hall–Kier alpha value is -5.52. The van der Waals surface area contributed by atoms with Gasteiger partial charge in [0.05, 0.1) is 35.4 Å². The van der Waals surface area contributed by atoms with Crippen LogP contribution in [0.15, 0.2) is 39.6 Å². The van der Waals surface area contributed by atoms with Gasteiger partial charge in [0.15, 0.2) is 0 Å². The second kappa shape index (κ2) is 18.7. The summed E-state index contributed by atoms with van der Waals surface area (Å²) in [5, 5.41) is 6.06. The lowest BCUT2D eigenvalue weighted by atomic mass is 9.71. The number of hydrogen-bond donors (Lipinski definition) is 4. The first kappa shape index (κ1) is 47.0. The second-order valence-corrected chi connectivity index (χ2v) is 19.1. The number of ether oxygens (including phenoxy) is 3. The topological polar surface area (TPSA) is 244 Å². The first-order chi connectivity index (χ1) is 29.7. The Morgan fingerprint density at radius 3 is 2.41 bits per heavy atom. The number of pyridine rings is 2. The molecule has 1 aromatic carbocycles. The largest absolute Gasteiger partial charge is 0.457 e. The summed E-state index contributed by atoms with van der Waals surface area (Å²) < 4.78 is 19.9. The molecule has 63 heavy (non-hydrogen) atoms. The van der Waals surface area contributed by atoms with E-state index in [4.69, 9.17) is 30.7 Å². The summed E-state index contributed by atoms with van der Waals surface area (Å²) in [6, 6.07) is 6.22. The minimum absolute atomic E-state index is 0.0334. The number of nitrogens with two attached hydrogens (primary N) is 2. The van der Waals surface area contributed by atoms with Gasteiger partial charge in [0.1, 0.15) is 24.3 Å². The van der Waals surface area contributed by atoms with Crippen molar-refractivity contribution in [3.63, 3.8) is 0 Å². The van der Waals surface area contributed by atoms with E-state index < -0.39 is 70.5 Å². The lowest BCUT2D eigenvalue weighted by molar-refractivity contribution is -0.191. The Kier molecular flexibility index (Phi) is 13.9. The van der Waals surface area contributed by atoms with E-state index in [2.05, 4.69) is 26.6 Å². The number of rotatable bonds is 15. The summed E-state index contributed by atoms with van der Waals surface area (Å²) >= 11 is 3.59. The van der Waals surface area contributed by atoms with Crippen LogP contribution in [0, 0.1) is 11.3 Å². The van der Waals surface area contributed by atoms with Gasteiger partial charge in [0.2, 0.25) is 17.4 Å². The number of cyclic esters (lactones) is 1. The van der Waals surface area contributed by atoms with Crippen molar-refractivity contribution in [1.82, 2.24) is 25.1 Å². The van der Waals surface area contributed by atoms with Gasteiger partial charge in [-0.2, -0.15) is 0 Å². The van der Waals surface area contributed by atoms with E-state index in [1.165, 1.54) is 4.90 Å². The number of carbonyl (C=O) groups excluding carboxylic acids is 6. The fourth-order valence-corrected chi connectivity index (χ4v) is 9.61. The average Bonchev–Trinajstić information content (AvgIpc) is 3.56. The molecule has 0 bridgehead atoms. The molecule has 0 unspecified atom stereocenters. The third kappa shape index (κ3) is 10.00. The van der Waals surface area contributed by atoms with Crippen LogP contribution >= 0.6 is 15.9 Å². The zero-order valence-corrected chi connectivity index (χ0v) is 38.4. The molecular weight excluding hydrogens is 878 g/mol. The van der Waals surface area contributed by atoms with Gasteiger partial charge in [-0.05, 0) is 88.5 Å². The number of fused-ring (bicyclic) bond motifs is 5. The van der Waals surface area contributed by atoms with Crippen LogP contribution in [0.1, 0.15) is 116 Å². The Labute approximate surface area is 374 Å². The zero-order chi connectivity index (χ0) is 46.0. The smallest absolute Gasteiger partial charge is 0.408 e. The number of amides is 5. The highest BCUT2D eigenvalue weighted by molar-refractivity contribution is 9.10. The van der Waals surface area contributed by atoms with Gasteiger partial charge in [0.25, 0.3) is 5.56 Å². The summed E-state index contributed by atoms with van der Waals surface area (Å²) in [7, 11) is 0. The van der Waals surface area contributed by atoms with Crippen molar-refractivity contribution < 1.29 is 43.0 Å². The van der Waals surface area contributed by atoms with Crippen molar-refractivity contribution in [2.45, 2.75) is 136 Å². The molecule has 1 aliphatic carbocycles. The van der Waals surface area contributed by atoms with Crippen LogP contribution in [0.3, 0.4) is 0 Å². The van der Waals surface area contributed by atoms with Gasteiger partial charge in [-0.3, -0.25) is 19.2 Å². The quantitative estimate of drug-likeness (QED) is 0.0667. The molecule has 2 aliphatic heterocycles. The minimum atomic E-state index is -1.98. The van der Waals surface area contributed by atoms with Crippen molar-refractivity contribution in [2.75, 3.05) is 13.1 Å². The van der Waals surface area contributed by atoms with Crippen LogP contribution < -0.4 is 27.7 Å². The molecule has 0 spiro atoms. The number of primary amides is 2. The molecule has 5 amide bonds. The first-order valence-corrected chi connectivity index (χ1v) is 22.4. The fourth-order valence-electron chi connectivity index (χ4n) is 9.14. The van der Waals surface area contributed by atoms with Crippen molar-refractivity contribution in [3.05, 3.63) is 61.8 Å². The monoisotopic (exact) mass is 935 g/mol. The highest BCUT2D eigenvalue weighted by Gasteiger charge is 2.52. The van der Waals surface area contributed by atoms with E-state index in [9.17, 15) is 33.6 Å². The number of halogens is 1.